The number of carboxylic acid groups (broad SMARTS) is 1. The minimum atomic E-state index is -0.747. The molecule has 0 aliphatic carbocycles. The molecule has 0 saturated carbocycles. The maximum absolute atomic E-state index is 11.1. The van der Waals surface area contributed by atoms with E-state index in [9.17, 15) is 4.79 Å². The Hall–Kier alpha value is -1.07. The second-order valence-electron chi connectivity index (χ2n) is 4.10. The summed E-state index contributed by atoms with van der Waals surface area (Å²) >= 11 is 3.47. The Balaban J connectivity index is 2.30. The van der Waals surface area contributed by atoms with Crippen LogP contribution >= 0.6 is 15.9 Å². The Morgan fingerprint density at radius 3 is 2.88 bits per heavy atom. The molecule has 1 saturated heterocycles. The topological polar surface area (TPSA) is 58.6 Å². The summed E-state index contributed by atoms with van der Waals surface area (Å²) in [6.07, 6.45) is 0. The van der Waals surface area contributed by atoms with Gasteiger partial charge < -0.3 is 15.2 Å². The van der Waals surface area contributed by atoms with Crippen LogP contribution in [0, 0.1) is 5.92 Å². The van der Waals surface area contributed by atoms with Gasteiger partial charge in [0, 0.05) is 23.5 Å². The highest BCUT2D eigenvalue weighted by atomic mass is 79.9. The predicted molar refractivity (Wildman–Crippen MR) is 67.4 cm³/mol. The highest BCUT2D eigenvalue weighted by Gasteiger charge is 2.34. The third kappa shape index (κ3) is 2.45. The van der Waals surface area contributed by atoms with Crippen molar-refractivity contribution in [2.45, 2.75) is 5.92 Å². The minimum Gasteiger partial charge on any atom is -0.497 e. The molecule has 1 aromatic rings. The lowest BCUT2D eigenvalue weighted by Gasteiger charge is -2.17. The molecule has 0 spiro atoms. The highest BCUT2D eigenvalue weighted by Crippen LogP contribution is 2.35. The summed E-state index contributed by atoms with van der Waals surface area (Å²) in [4.78, 5) is 11.1. The molecule has 0 amide bonds. The number of rotatable bonds is 3. The van der Waals surface area contributed by atoms with Crippen molar-refractivity contribution in [3.8, 4) is 5.75 Å². The molecule has 5 heteroatoms. The number of hydrogen-bond donors (Lipinski definition) is 2. The zero-order valence-electron chi connectivity index (χ0n) is 9.44. The second kappa shape index (κ2) is 5.06. The van der Waals surface area contributed by atoms with Crippen molar-refractivity contribution < 1.29 is 14.6 Å². The van der Waals surface area contributed by atoms with Crippen LogP contribution in [0.25, 0.3) is 0 Å². The van der Waals surface area contributed by atoms with Crippen LogP contribution in [0.4, 0.5) is 0 Å². The monoisotopic (exact) mass is 299 g/mol. The van der Waals surface area contributed by atoms with Crippen LogP contribution in [0.3, 0.4) is 0 Å². The molecule has 1 aliphatic heterocycles. The molecule has 1 fully saturated rings. The van der Waals surface area contributed by atoms with Crippen molar-refractivity contribution in [2.75, 3.05) is 20.2 Å². The molecule has 2 rings (SSSR count). The van der Waals surface area contributed by atoms with Gasteiger partial charge in [-0.3, -0.25) is 4.79 Å². The third-order valence-electron chi connectivity index (χ3n) is 3.14. The van der Waals surface area contributed by atoms with Crippen LogP contribution in [-0.4, -0.2) is 31.3 Å². The van der Waals surface area contributed by atoms with Crippen molar-refractivity contribution in [3.63, 3.8) is 0 Å². The fourth-order valence-electron chi connectivity index (χ4n) is 2.20. The van der Waals surface area contributed by atoms with Crippen molar-refractivity contribution in [3.05, 3.63) is 28.2 Å². The molecule has 1 aromatic carbocycles. The van der Waals surface area contributed by atoms with Crippen molar-refractivity contribution in [2.24, 2.45) is 5.92 Å². The maximum Gasteiger partial charge on any atom is 0.308 e. The average molecular weight is 300 g/mol. The SMILES string of the molecule is COc1ccc(C2CNCC2C(=O)O)c(Br)c1. The number of hydrogen-bond acceptors (Lipinski definition) is 3. The fourth-order valence-corrected chi connectivity index (χ4v) is 2.85. The van der Waals surface area contributed by atoms with Gasteiger partial charge in [0.25, 0.3) is 0 Å². The number of carboxylic acids is 1. The molecule has 17 heavy (non-hydrogen) atoms. The van der Waals surface area contributed by atoms with Crippen LogP contribution in [0.2, 0.25) is 0 Å². The number of benzene rings is 1. The number of methoxy groups -OCH3 is 1. The molecule has 0 aromatic heterocycles. The summed E-state index contributed by atoms with van der Waals surface area (Å²) in [5.41, 5.74) is 1.02. The Morgan fingerprint density at radius 1 is 1.53 bits per heavy atom. The van der Waals surface area contributed by atoms with E-state index in [4.69, 9.17) is 9.84 Å². The first kappa shape index (κ1) is 12.4. The van der Waals surface area contributed by atoms with E-state index in [1.807, 2.05) is 18.2 Å². The van der Waals surface area contributed by atoms with Gasteiger partial charge in [-0.2, -0.15) is 0 Å². The molecule has 2 unspecified atom stereocenters. The molecule has 2 N–H and O–H groups in total. The second-order valence-corrected chi connectivity index (χ2v) is 4.95. The maximum atomic E-state index is 11.1. The Labute approximate surface area is 108 Å². The van der Waals surface area contributed by atoms with Crippen LogP contribution < -0.4 is 10.1 Å². The summed E-state index contributed by atoms with van der Waals surface area (Å²) in [5.74, 6) is -0.339. The van der Waals surface area contributed by atoms with Crippen LogP contribution in [-0.2, 0) is 4.79 Å². The predicted octanol–water partition coefficient (Wildman–Crippen LogP) is 1.85. The van der Waals surface area contributed by atoms with E-state index in [0.29, 0.717) is 13.1 Å². The molecule has 0 radical (unpaired) electrons. The third-order valence-corrected chi connectivity index (χ3v) is 3.83. The van der Waals surface area contributed by atoms with Crippen molar-refractivity contribution in [1.82, 2.24) is 5.32 Å². The first-order valence-corrected chi connectivity index (χ1v) is 6.19. The number of aliphatic carboxylic acids is 1. The van der Waals surface area contributed by atoms with Gasteiger partial charge in [-0.15, -0.1) is 0 Å². The van der Waals surface area contributed by atoms with E-state index in [0.717, 1.165) is 15.8 Å². The van der Waals surface area contributed by atoms with E-state index >= 15 is 0 Å². The minimum absolute atomic E-state index is 0.00720. The Kier molecular flexibility index (Phi) is 3.69. The van der Waals surface area contributed by atoms with Gasteiger partial charge in [0.15, 0.2) is 0 Å². The smallest absolute Gasteiger partial charge is 0.308 e. The van der Waals surface area contributed by atoms with Gasteiger partial charge in [0.2, 0.25) is 0 Å². The lowest BCUT2D eigenvalue weighted by atomic mass is 9.89. The fraction of sp³-hybridized carbons (Fsp3) is 0.417. The summed E-state index contributed by atoms with van der Waals surface area (Å²) in [5, 5.41) is 12.3. The van der Waals surface area contributed by atoms with Crippen molar-refractivity contribution in [1.29, 1.82) is 0 Å². The van der Waals surface area contributed by atoms with E-state index in [2.05, 4.69) is 21.2 Å². The van der Waals surface area contributed by atoms with E-state index < -0.39 is 5.97 Å². The Bertz CT molecular complexity index is 436. The average Bonchev–Trinajstić information content (AvgIpc) is 2.77. The zero-order valence-corrected chi connectivity index (χ0v) is 11.0. The molecule has 92 valence electrons. The summed E-state index contributed by atoms with van der Waals surface area (Å²) in [7, 11) is 1.61. The summed E-state index contributed by atoms with van der Waals surface area (Å²) < 4.78 is 6.02. The van der Waals surface area contributed by atoms with Gasteiger partial charge >= 0.3 is 5.97 Å². The molecule has 4 nitrogen and oxygen atoms in total. The summed E-state index contributed by atoms with van der Waals surface area (Å²) in [6.45, 7) is 1.22. The van der Waals surface area contributed by atoms with Gasteiger partial charge in [0.05, 0.1) is 13.0 Å². The highest BCUT2D eigenvalue weighted by molar-refractivity contribution is 9.10. The number of halogens is 1. The largest absolute Gasteiger partial charge is 0.497 e. The number of nitrogens with one attached hydrogen (secondary N) is 1. The lowest BCUT2D eigenvalue weighted by molar-refractivity contribution is -0.141. The molecule has 1 heterocycles. The molecule has 0 bridgehead atoms. The Morgan fingerprint density at radius 2 is 2.29 bits per heavy atom. The quantitative estimate of drug-likeness (QED) is 0.894. The number of carbonyl (C=O) groups is 1. The standard InChI is InChI=1S/C12H14BrNO3/c1-17-7-2-3-8(11(13)4-7)9-5-14-6-10(9)12(15)16/h2-4,9-10,14H,5-6H2,1H3,(H,15,16). The van der Waals surface area contributed by atoms with E-state index in [1.54, 1.807) is 7.11 Å². The molecule has 1 aliphatic rings. The zero-order chi connectivity index (χ0) is 12.4. The van der Waals surface area contributed by atoms with Gasteiger partial charge in [-0.05, 0) is 17.7 Å². The summed E-state index contributed by atoms with van der Waals surface area (Å²) in [6, 6.07) is 5.65. The number of ether oxygens (including phenoxy) is 1. The van der Waals surface area contributed by atoms with Crippen LogP contribution in [0.5, 0.6) is 5.75 Å². The normalized spacial score (nSPS) is 23.6. The van der Waals surface area contributed by atoms with Crippen LogP contribution in [0.1, 0.15) is 11.5 Å². The molecular formula is C12H14BrNO3. The first-order chi connectivity index (χ1) is 8.13. The van der Waals surface area contributed by atoms with Gasteiger partial charge in [-0.25, -0.2) is 0 Å². The van der Waals surface area contributed by atoms with Crippen LogP contribution in [0.15, 0.2) is 22.7 Å². The van der Waals surface area contributed by atoms with E-state index in [1.165, 1.54) is 0 Å². The molecular weight excluding hydrogens is 286 g/mol. The van der Waals surface area contributed by atoms with E-state index in [-0.39, 0.29) is 11.8 Å². The first-order valence-electron chi connectivity index (χ1n) is 5.40. The molecule has 2 atom stereocenters. The van der Waals surface area contributed by atoms with Gasteiger partial charge in [0.1, 0.15) is 5.75 Å². The lowest BCUT2D eigenvalue weighted by Crippen LogP contribution is -2.21. The van der Waals surface area contributed by atoms with Crippen molar-refractivity contribution >= 4 is 21.9 Å². The van der Waals surface area contributed by atoms with Gasteiger partial charge in [-0.1, -0.05) is 22.0 Å².